The van der Waals surface area contributed by atoms with E-state index in [2.05, 4.69) is 11.1 Å². The van der Waals surface area contributed by atoms with Crippen molar-refractivity contribution in [2.24, 2.45) is 0 Å². The first kappa shape index (κ1) is 21.1. The van der Waals surface area contributed by atoms with Gasteiger partial charge in [0, 0.05) is 19.3 Å². The summed E-state index contributed by atoms with van der Waals surface area (Å²) in [4.78, 5) is 18.6. The molecule has 2 saturated heterocycles. The molecular weight excluding hydrogens is 355 g/mol. The predicted octanol–water partition coefficient (Wildman–Crippen LogP) is 3.50. The molecule has 0 aromatic carbocycles. The zero-order valence-corrected chi connectivity index (χ0v) is 18.2. The molecule has 2 fully saturated rings. The molecule has 0 bridgehead atoms. The highest BCUT2D eigenvalue weighted by molar-refractivity contribution is 6.61. The van der Waals surface area contributed by atoms with Crippen LogP contribution in [0.25, 0.3) is 0 Å². The Morgan fingerprint density at radius 3 is 2.18 bits per heavy atom. The normalized spacial score (nSPS) is 22.4. The standard InChI is InChI=1S/C21H33BN2O4/c1-19(2,3)26-18(25)24-12-10-15(11-13-24)16-8-9-17(23-14-16)22-27-20(4,5)21(6,7)28-22/h8-9,14-15H,10-13H2,1-7H3. The maximum Gasteiger partial charge on any atom is 0.514 e. The van der Waals surface area contributed by atoms with Gasteiger partial charge in [0.15, 0.2) is 0 Å². The lowest BCUT2D eigenvalue weighted by Crippen LogP contribution is -2.41. The smallest absolute Gasteiger partial charge is 0.444 e. The second kappa shape index (κ2) is 7.34. The van der Waals surface area contributed by atoms with Gasteiger partial charge in [-0.15, -0.1) is 0 Å². The topological polar surface area (TPSA) is 60.9 Å². The molecule has 28 heavy (non-hydrogen) atoms. The first-order chi connectivity index (χ1) is 12.9. The first-order valence-corrected chi connectivity index (χ1v) is 10.2. The summed E-state index contributed by atoms with van der Waals surface area (Å²) in [6.45, 7) is 15.3. The molecule has 0 unspecified atom stereocenters. The molecule has 3 rings (SSSR count). The van der Waals surface area contributed by atoms with Crippen LogP contribution in [0.4, 0.5) is 4.79 Å². The maximum atomic E-state index is 12.2. The molecule has 6 nitrogen and oxygen atoms in total. The van der Waals surface area contributed by atoms with Crippen LogP contribution in [0.2, 0.25) is 0 Å². The lowest BCUT2D eigenvalue weighted by molar-refractivity contribution is 0.00578. The van der Waals surface area contributed by atoms with Crippen molar-refractivity contribution in [3.8, 4) is 0 Å². The number of amides is 1. The Morgan fingerprint density at radius 2 is 1.71 bits per heavy atom. The quantitative estimate of drug-likeness (QED) is 0.726. The lowest BCUT2D eigenvalue weighted by Gasteiger charge is -2.33. The Labute approximate surface area is 169 Å². The van der Waals surface area contributed by atoms with Gasteiger partial charge in [-0.2, -0.15) is 0 Å². The van der Waals surface area contributed by atoms with Crippen molar-refractivity contribution in [1.82, 2.24) is 9.88 Å². The molecule has 7 heteroatoms. The third-order valence-electron chi connectivity index (χ3n) is 5.92. The van der Waals surface area contributed by atoms with Crippen LogP contribution in [-0.4, -0.2) is 53.0 Å². The SMILES string of the molecule is CC(C)(C)OC(=O)N1CCC(c2ccc(B3OC(C)(C)C(C)(C)O3)nc2)CC1. The number of hydrogen-bond acceptors (Lipinski definition) is 5. The Hall–Kier alpha value is -1.60. The van der Waals surface area contributed by atoms with Crippen molar-refractivity contribution < 1.29 is 18.8 Å². The molecule has 1 amide bonds. The van der Waals surface area contributed by atoms with E-state index in [0.29, 0.717) is 19.0 Å². The van der Waals surface area contributed by atoms with E-state index in [-0.39, 0.29) is 17.3 Å². The van der Waals surface area contributed by atoms with E-state index in [4.69, 9.17) is 14.0 Å². The fourth-order valence-electron chi connectivity index (χ4n) is 3.48. The zero-order chi connectivity index (χ0) is 20.7. The van der Waals surface area contributed by atoms with Crippen LogP contribution in [0, 0.1) is 0 Å². The summed E-state index contributed by atoms with van der Waals surface area (Å²) in [5.41, 5.74) is 0.804. The van der Waals surface area contributed by atoms with Crippen molar-refractivity contribution in [3.05, 3.63) is 23.9 Å². The molecule has 1 aromatic heterocycles. The van der Waals surface area contributed by atoms with Crippen molar-refractivity contribution in [3.63, 3.8) is 0 Å². The van der Waals surface area contributed by atoms with Gasteiger partial charge in [-0.05, 0) is 78.9 Å². The van der Waals surface area contributed by atoms with Crippen molar-refractivity contribution >= 4 is 18.8 Å². The number of rotatable bonds is 2. The van der Waals surface area contributed by atoms with Gasteiger partial charge in [-0.1, -0.05) is 6.07 Å². The second-order valence-electron chi connectivity index (χ2n) is 9.85. The third-order valence-corrected chi connectivity index (χ3v) is 5.92. The maximum absolute atomic E-state index is 12.2. The monoisotopic (exact) mass is 388 g/mol. The highest BCUT2D eigenvalue weighted by Crippen LogP contribution is 2.36. The summed E-state index contributed by atoms with van der Waals surface area (Å²) in [7, 11) is -0.437. The number of pyridine rings is 1. The summed E-state index contributed by atoms with van der Waals surface area (Å²) in [5.74, 6) is 0.401. The number of nitrogens with zero attached hydrogens (tertiary/aromatic N) is 2. The molecule has 0 N–H and O–H groups in total. The number of ether oxygens (including phenoxy) is 1. The Balaban J connectivity index is 1.58. The van der Waals surface area contributed by atoms with E-state index in [0.717, 1.165) is 18.4 Å². The minimum Gasteiger partial charge on any atom is -0.444 e. The number of hydrogen-bond donors (Lipinski definition) is 0. The zero-order valence-electron chi connectivity index (χ0n) is 18.2. The molecule has 154 valence electrons. The van der Waals surface area contributed by atoms with Crippen molar-refractivity contribution in [1.29, 1.82) is 0 Å². The highest BCUT2D eigenvalue weighted by Gasteiger charge is 2.52. The summed E-state index contributed by atoms with van der Waals surface area (Å²) in [5, 5.41) is 0. The van der Waals surface area contributed by atoms with Gasteiger partial charge in [0.2, 0.25) is 0 Å². The van der Waals surface area contributed by atoms with Crippen molar-refractivity contribution in [2.45, 2.75) is 84.0 Å². The first-order valence-electron chi connectivity index (χ1n) is 10.2. The third kappa shape index (κ3) is 4.52. The fourth-order valence-corrected chi connectivity index (χ4v) is 3.48. The molecule has 2 aliphatic heterocycles. The number of carbonyl (C=O) groups excluding carboxylic acids is 1. The molecule has 3 heterocycles. The molecular formula is C21H33BN2O4. The Morgan fingerprint density at radius 1 is 1.14 bits per heavy atom. The van der Waals surface area contributed by atoms with E-state index in [1.807, 2.05) is 60.7 Å². The van der Waals surface area contributed by atoms with Crippen LogP contribution >= 0.6 is 0 Å². The van der Waals surface area contributed by atoms with Gasteiger partial charge in [0.05, 0.1) is 16.8 Å². The second-order valence-corrected chi connectivity index (χ2v) is 9.85. The molecule has 2 aliphatic rings. The van der Waals surface area contributed by atoms with Crippen molar-refractivity contribution in [2.75, 3.05) is 13.1 Å². The summed E-state index contributed by atoms with van der Waals surface area (Å²) in [6, 6.07) is 4.11. The average Bonchev–Trinajstić information content (AvgIpc) is 2.81. The van der Waals surface area contributed by atoms with Crippen LogP contribution < -0.4 is 5.59 Å². The predicted molar refractivity (Wildman–Crippen MR) is 110 cm³/mol. The van der Waals surface area contributed by atoms with Gasteiger partial charge in [0.1, 0.15) is 5.60 Å². The minimum atomic E-state index is -0.457. The van der Waals surface area contributed by atoms with E-state index in [1.165, 1.54) is 5.56 Å². The number of likely N-dealkylation sites (tertiary alicyclic amines) is 1. The highest BCUT2D eigenvalue weighted by atomic mass is 16.7. The van der Waals surface area contributed by atoms with Crippen LogP contribution in [0.5, 0.6) is 0 Å². The van der Waals surface area contributed by atoms with E-state index < -0.39 is 12.7 Å². The van der Waals surface area contributed by atoms with E-state index in [1.54, 1.807) is 4.90 Å². The molecule has 0 spiro atoms. The Bertz CT molecular complexity index is 688. The van der Waals surface area contributed by atoms with E-state index >= 15 is 0 Å². The summed E-state index contributed by atoms with van der Waals surface area (Å²) >= 11 is 0. The van der Waals surface area contributed by atoms with Gasteiger partial charge in [-0.3, -0.25) is 4.98 Å². The van der Waals surface area contributed by atoms with Gasteiger partial charge in [0.25, 0.3) is 0 Å². The van der Waals surface area contributed by atoms with Gasteiger partial charge >= 0.3 is 13.2 Å². The van der Waals surface area contributed by atoms with E-state index in [9.17, 15) is 4.79 Å². The molecule has 1 aromatic rings. The van der Waals surface area contributed by atoms with Gasteiger partial charge in [-0.25, -0.2) is 4.79 Å². The largest absolute Gasteiger partial charge is 0.514 e. The molecule has 0 atom stereocenters. The van der Waals surface area contributed by atoms with Crippen LogP contribution in [0.15, 0.2) is 18.3 Å². The summed E-state index contributed by atoms with van der Waals surface area (Å²) in [6.07, 6.45) is 3.53. The van der Waals surface area contributed by atoms with Gasteiger partial charge < -0.3 is 18.9 Å². The molecule has 0 radical (unpaired) electrons. The van der Waals surface area contributed by atoms with Crippen LogP contribution in [-0.2, 0) is 14.0 Å². The molecule has 0 saturated carbocycles. The minimum absolute atomic E-state index is 0.222. The number of aromatic nitrogens is 1. The lowest BCUT2D eigenvalue weighted by atomic mass is 9.83. The average molecular weight is 388 g/mol. The van der Waals surface area contributed by atoms with Crippen LogP contribution in [0.3, 0.4) is 0 Å². The number of carbonyl (C=O) groups is 1. The fraction of sp³-hybridized carbons (Fsp3) is 0.714. The molecule has 0 aliphatic carbocycles. The number of piperidine rings is 1. The Kier molecular flexibility index (Phi) is 5.54. The van der Waals surface area contributed by atoms with Crippen LogP contribution in [0.1, 0.15) is 72.8 Å². The summed E-state index contributed by atoms with van der Waals surface area (Å²) < 4.78 is 17.6.